The number of carbonyl (C=O) groups is 3. The number of nitrogens with one attached hydrogen (secondary N) is 1. The van der Waals surface area contributed by atoms with Crippen LogP contribution in [-0.2, 0) is 25.7 Å². The molecular weight excluding hydrogens is 456 g/mol. The predicted octanol–water partition coefficient (Wildman–Crippen LogP) is 4.28. The van der Waals surface area contributed by atoms with Crippen LogP contribution >= 0.6 is 0 Å². The van der Waals surface area contributed by atoms with Crippen molar-refractivity contribution in [2.45, 2.75) is 37.5 Å². The van der Waals surface area contributed by atoms with Gasteiger partial charge in [0.15, 0.2) is 0 Å². The molecule has 2 amide bonds. The lowest BCUT2D eigenvalue weighted by Crippen LogP contribution is -2.53. The highest BCUT2D eigenvalue weighted by Crippen LogP contribution is 2.29. The summed E-state index contributed by atoms with van der Waals surface area (Å²) in [6, 6.07) is 26.7. The van der Waals surface area contributed by atoms with Crippen molar-refractivity contribution >= 4 is 18.0 Å². The van der Waals surface area contributed by atoms with Gasteiger partial charge in [0.1, 0.15) is 18.7 Å². The predicted molar refractivity (Wildman–Crippen MR) is 135 cm³/mol. The minimum atomic E-state index is -0.977. The molecule has 1 saturated heterocycles. The smallest absolute Gasteiger partial charge is 0.410 e. The molecule has 186 valence electrons. The number of amides is 2. The van der Waals surface area contributed by atoms with Crippen molar-refractivity contribution < 1.29 is 23.9 Å². The highest BCUT2D eigenvalue weighted by atomic mass is 16.6. The Balaban J connectivity index is 1.53. The Morgan fingerprint density at radius 2 is 1.44 bits per heavy atom. The van der Waals surface area contributed by atoms with Crippen LogP contribution in [0.25, 0.3) is 0 Å². The van der Waals surface area contributed by atoms with Crippen molar-refractivity contribution in [3.8, 4) is 0 Å². The van der Waals surface area contributed by atoms with E-state index in [1.165, 1.54) is 12.0 Å². The first-order chi connectivity index (χ1) is 17.6. The number of hydrogen-bond acceptors (Lipinski definition) is 5. The maximum absolute atomic E-state index is 13.5. The van der Waals surface area contributed by atoms with Crippen LogP contribution in [0, 0.1) is 0 Å². The van der Waals surface area contributed by atoms with Gasteiger partial charge >= 0.3 is 12.1 Å². The van der Waals surface area contributed by atoms with E-state index in [1.807, 2.05) is 91.0 Å². The molecule has 0 saturated carbocycles. The zero-order chi connectivity index (χ0) is 25.3. The fourth-order valence-corrected chi connectivity index (χ4v) is 4.61. The van der Waals surface area contributed by atoms with Gasteiger partial charge in [0.25, 0.3) is 0 Å². The van der Waals surface area contributed by atoms with Crippen LogP contribution in [-0.4, -0.2) is 48.6 Å². The van der Waals surface area contributed by atoms with E-state index in [2.05, 4.69) is 5.32 Å². The largest absolute Gasteiger partial charge is 0.467 e. The number of methoxy groups -OCH3 is 1. The van der Waals surface area contributed by atoms with Gasteiger partial charge in [0, 0.05) is 12.5 Å². The van der Waals surface area contributed by atoms with Crippen molar-refractivity contribution in [3.63, 3.8) is 0 Å². The number of rotatable bonds is 8. The van der Waals surface area contributed by atoms with Gasteiger partial charge in [-0.05, 0) is 29.5 Å². The van der Waals surface area contributed by atoms with Crippen LogP contribution in [0.3, 0.4) is 0 Å². The van der Waals surface area contributed by atoms with Gasteiger partial charge in [-0.25, -0.2) is 9.59 Å². The van der Waals surface area contributed by atoms with Crippen molar-refractivity contribution in [1.29, 1.82) is 0 Å². The molecule has 1 N–H and O–H groups in total. The Labute approximate surface area is 211 Å². The minimum absolute atomic E-state index is 0.124. The lowest BCUT2D eigenvalue weighted by atomic mass is 9.84. The standard InChI is InChI=1S/C29H30N2O5/c1-35-28(33)26(25(22-14-7-3-8-15-22)23-16-9-4-10-17-23)30-27(32)24-18-11-19-31(24)29(34)36-20-21-12-5-2-6-13-21/h2-10,12-17,24-26H,11,18-20H2,1H3,(H,30,32)/t24-,26-/m1/s1. The summed E-state index contributed by atoms with van der Waals surface area (Å²) in [6.07, 6.45) is 0.609. The van der Waals surface area contributed by atoms with Crippen LogP contribution in [0.2, 0.25) is 0 Å². The minimum Gasteiger partial charge on any atom is -0.467 e. The van der Waals surface area contributed by atoms with Gasteiger partial charge < -0.3 is 14.8 Å². The Morgan fingerprint density at radius 1 is 0.889 bits per heavy atom. The lowest BCUT2D eigenvalue weighted by Gasteiger charge is -2.30. The Hall–Kier alpha value is -4.13. The molecule has 1 heterocycles. The van der Waals surface area contributed by atoms with E-state index in [0.717, 1.165) is 16.7 Å². The first kappa shape index (κ1) is 25.0. The second-order valence-corrected chi connectivity index (χ2v) is 8.70. The van der Waals surface area contributed by atoms with E-state index in [1.54, 1.807) is 0 Å². The van der Waals surface area contributed by atoms with E-state index in [-0.39, 0.29) is 6.61 Å². The van der Waals surface area contributed by atoms with Crippen molar-refractivity contribution in [2.75, 3.05) is 13.7 Å². The van der Waals surface area contributed by atoms with Crippen LogP contribution in [0.5, 0.6) is 0 Å². The molecule has 0 spiro atoms. The number of nitrogens with zero attached hydrogens (tertiary/aromatic N) is 1. The van der Waals surface area contributed by atoms with Gasteiger partial charge in [-0.1, -0.05) is 91.0 Å². The Bertz CT molecular complexity index is 1110. The molecule has 36 heavy (non-hydrogen) atoms. The molecule has 4 rings (SSSR count). The molecule has 7 nitrogen and oxygen atoms in total. The molecular formula is C29H30N2O5. The fraction of sp³-hybridized carbons (Fsp3) is 0.276. The topological polar surface area (TPSA) is 84.9 Å². The number of ether oxygens (including phenoxy) is 2. The second-order valence-electron chi connectivity index (χ2n) is 8.70. The molecule has 0 unspecified atom stereocenters. The molecule has 1 aliphatic heterocycles. The summed E-state index contributed by atoms with van der Waals surface area (Å²) >= 11 is 0. The quantitative estimate of drug-likeness (QED) is 0.481. The van der Waals surface area contributed by atoms with Crippen LogP contribution in [0.4, 0.5) is 4.79 Å². The monoisotopic (exact) mass is 486 g/mol. The SMILES string of the molecule is COC(=O)[C@H](NC(=O)[C@H]1CCCN1C(=O)OCc1ccccc1)C(c1ccccc1)c1ccccc1. The number of likely N-dealkylation sites (tertiary alicyclic amines) is 1. The highest BCUT2D eigenvalue weighted by molar-refractivity contribution is 5.90. The average molecular weight is 487 g/mol. The average Bonchev–Trinajstić information content (AvgIpc) is 3.43. The lowest BCUT2D eigenvalue weighted by molar-refractivity contribution is -0.146. The van der Waals surface area contributed by atoms with E-state index in [0.29, 0.717) is 19.4 Å². The second kappa shape index (κ2) is 12.0. The number of esters is 1. The van der Waals surface area contributed by atoms with Gasteiger partial charge in [0.2, 0.25) is 5.91 Å². The van der Waals surface area contributed by atoms with Gasteiger partial charge in [-0.3, -0.25) is 9.69 Å². The zero-order valence-electron chi connectivity index (χ0n) is 20.2. The van der Waals surface area contributed by atoms with Gasteiger partial charge in [0.05, 0.1) is 7.11 Å². The molecule has 1 fully saturated rings. The first-order valence-electron chi connectivity index (χ1n) is 12.0. The zero-order valence-corrected chi connectivity index (χ0v) is 20.2. The van der Waals surface area contributed by atoms with Crippen molar-refractivity contribution in [1.82, 2.24) is 10.2 Å². The number of carbonyl (C=O) groups excluding carboxylic acids is 3. The van der Waals surface area contributed by atoms with Crippen LogP contribution in [0.15, 0.2) is 91.0 Å². The maximum atomic E-state index is 13.5. The molecule has 3 aromatic carbocycles. The van der Waals surface area contributed by atoms with Crippen LogP contribution in [0.1, 0.15) is 35.4 Å². The fourth-order valence-electron chi connectivity index (χ4n) is 4.61. The molecule has 0 bridgehead atoms. The third kappa shape index (κ3) is 5.92. The summed E-state index contributed by atoms with van der Waals surface area (Å²) in [5.41, 5.74) is 2.60. The summed E-state index contributed by atoms with van der Waals surface area (Å²) in [7, 11) is 1.30. The third-order valence-corrected chi connectivity index (χ3v) is 6.40. The highest BCUT2D eigenvalue weighted by Gasteiger charge is 2.39. The van der Waals surface area contributed by atoms with E-state index in [4.69, 9.17) is 9.47 Å². The summed E-state index contributed by atoms with van der Waals surface area (Å²) in [5.74, 6) is -1.43. The summed E-state index contributed by atoms with van der Waals surface area (Å²) < 4.78 is 10.6. The Morgan fingerprint density at radius 3 is 2.00 bits per heavy atom. The Kier molecular flexibility index (Phi) is 8.34. The molecule has 0 radical (unpaired) electrons. The molecule has 0 aliphatic carbocycles. The maximum Gasteiger partial charge on any atom is 0.410 e. The molecule has 7 heteroatoms. The van der Waals surface area contributed by atoms with E-state index < -0.39 is 36.0 Å². The summed E-state index contributed by atoms with van der Waals surface area (Å²) in [4.78, 5) is 40.7. The van der Waals surface area contributed by atoms with Gasteiger partial charge in [-0.2, -0.15) is 0 Å². The summed E-state index contributed by atoms with van der Waals surface area (Å²) in [6.45, 7) is 0.536. The summed E-state index contributed by atoms with van der Waals surface area (Å²) in [5, 5.41) is 2.90. The number of hydrogen-bond donors (Lipinski definition) is 1. The normalized spacial score (nSPS) is 15.8. The molecule has 3 aromatic rings. The van der Waals surface area contributed by atoms with E-state index >= 15 is 0 Å². The molecule has 1 aliphatic rings. The first-order valence-corrected chi connectivity index (χ1v) is 12.0. The van der Waals surface area contributed by atoms with Crippen molar-refractivity contribution in [2.24, 2.45) is 0 Å². The number of benzene rings is 3. The third-order valence-electron chi connectivity index (χ3n) is 6.40. The van der Waals surface area contributed by atoms with Gasteiger partial charge in [-0.15, -0.1) is 0 Å². The van der Waals surface area contributed by atoms with E-state index in [9.17, 15) is 14.4 Å². The molecule has 0 aromatic heterocycles. The molecule has 2 atom stereocenters. The van der Waals surface area contributed by atoms with Crippen LogP contribution < -0.4 is 5.32 Å². The van der Waals surface area contributed by atoms with Crippen molar-refractivity contribution in [3.05, 3.63) is 108 Å².